The summed E-state index contributed by atoms with van der Waals surface area (Å²) in [5.74, 6) is 1.58. The predicted octanol–water partition coefficient (Wildman–Crippen LogP) is 4.19. The summed E-state index contributed by atoms with van der Waals surface area (Å²) in [6.45, 7) is 4.86. The summed E-state index contributed by atoms with van der Waals surface area (Å²) in [7, 11) is 0. The van der Waals surface area contributed by atoms with Crippen molar-refractivity contribution in [3.63, 3.8) is 0 Å². The SMILES string of the molecule is CCC1[C@@H]2CCC3=CC(=O)CCC3=C2CCC1(CC)CO. The summed E-state index contributed by atoms with van der Waals surface area (Å²) < 4.78 is 0. The maximum absolute atomic E-state index is 11.7. The molecule has 2 heteroatoms. The van der Waals surface area contributed by atoms with Crippen LogP contribution >= 0.6 is 0 Å². The van der Waals surface area contributed by atoms with Crippen LogP contribution in [0.4, 0.5) is 0 Å². The minimum absolute atomic E-state index is 0.134. The van der Waals surface area contributed by atoms with Crippen LogP contribution in [0.15, 0.2) is 22.8 Å². The standard InChI is InChI=1S/C19H28O2/c1-3-18-17-7-5-13-11-14(21)6-8-15(13)16(17)9-10-19(18,4-2)12-20/h11,17-18,20H,3-10,12H2,1-2H3/t17-,18?,19?/m1/s1. The lowest BCUT2D eigenvalue weighted by atomic mass is 9.54. The van der Waals surface area contributed by atoms with Crippen molar-refractivity contribution in [1.29, 1.82) is 0 Å². The first kappa shape index (κ1) is 15.0. The van der Waals surface area contributed by atoms with Gasteiger partial charge in [-0.3, -0.25) is 4.79 Å². The van der Waals surface area contributed by atoms with Gasteiger partial charge in [0.2, 0.25) is 0 Å². The maximum Gasteiger partial charge on any atom is 0.156 e. The van der Waals surface area contributed by atoms with Gasteiger partial charge in [-0.1, -0.05) is 25.8 Å². The molecule has 2 nitrogen and oxygen atoms in total. The lowest BCUT2D eigenvalue weighted by Crippen LogP contribution is -2.43. The van der Waals surface area contributed by atoms with Crippen molar-refractivity contribution in [1.82, 2.24) is 0 Å². The molecule has 0 amide bonds. The maximum atomic E-state index is 11.7. The molecule has 0 aromatic rings. The average molecular weight is 288 g/mol. The molecule has 3 aliphatic rings. The number of carbonyl (C=O) groups is 1. The van der Waals surface area contributed by atoms with Gasteiger partial charge in [0, 0.05) is 13.0 Å². The molecule has 0 aromatic heterocycles. The first-order valence-electron chi connectivity index (χ1n) is 8.71. The van der Waals surface area contributed by atoms with E-state index in [0.717, 1.165) is 38.5 Å². The van der Waals surface area contributed by atoms with Crippen LogP contribution < -0.4 is 0 Å². The molecule has 1 fully saturated rings. The van der Waals surface area contributed by atoms with Crippen molar-refractivity contribution >= 4 is 5.78 Å². The fourth-order valence-corrected chi connectivity index (χ4v) is 5.30. The van der Waals surface area contributed by atoms with Gasteiger partial charge in [-0.25, -0.2) is 0 Å². The second-order valence-electron chi connectivity index (χ2n) is 7.17. The Balaban J connectivity index is 1.99. The van der Waals surface area contributed by atoms with E-state index < -0.39 is 0 Å². The average Bonchev–Trinajstić information content (AvgIpc) is 2.52. The largest absolute Gasteiger partial charge is 0.396 e. The second-order valence-corrected chi connectivity index (χ2v) is 7.17. The molecule has 1 saturated carbocycles. The Hall–Kier alpha value is -0.890. The molecule has 3 rings (SSSR count). The van der Waals surface area contributed by atoms with Gasteiger partial charge in [0.15, 0.2) is 5.78 Å². The number of aliphatic hydroxyl groups is 1. The highest BCUT2D eigenvalue weighted by Gasteiger charge is 2.46. The molecule has 0 radical (unpaired) electrons. The Kier molecular flexibility index (Phi) is 4.09. The molecule has 21 heavy (non-hydrogen) atoms. The minimum atomic E-state index is 0.134. The van der Waals surface area contributed by atoms with Gasteiger partial charge in [-0.05, 0) is 73.0 Å². The van der Waals surface area contributed by atoms with Crippen LogP contribution in [0.2, 0.25) is 0 Å². The van der Waals surface area contributed by atoms with Gasteiger partial charge in [-0.15, -0.1) is 0 Å². The zero-order chi connectivity index (χ0) is 15.0. The zero-order valence-corrected chi connectivity index (χ0v) is 13.5. The number of rotatable bonds is 3. The number of fused-ring (bicyclic) bond motifs is 2. The monoisotopic (exact) mass is 288 g/mol. The quantitative estimate of drug-likeness (QED) is 0.845. The molecule has 0 saturated heterocycles. The van der Waals surface area contributed by atoms with Crippen LogP contribution in [0, 0.1) is 17.3 Å². The van der Waals surface area contributed by atoms with E-state index in [1.165, 1.54) is 17.6 Å². The third-order valence-corrected chi connectivity index (χ3v) is 6.53. The third kappa shape index (κ3) is 2.32. The van der Waals surface area contributed by atoms with Gasteiger partial charge in [0.1, 0.15) is 0 Å². The summed E-state index contributed by atoms with van der Waals surface area (Å²) in [6.07, 6.45) is 10.3. The molecular formula is C19H28O2. The number of carbonyl (C=O) groups excluding carboxylic acids is 1. The lowest BCUT2D eigenvalue weighted by molar-refractivity contribution is -0.114. The molecule has 0 aromatic carbocycles. The number of hydrogen-bond acceptors (Lipinski definition) is 2. The molecule has 2 unspecified atom stereocenters. The Morgan fingerprint density at radius 2 is 2.05 bits per heavy atom. The number of hydrogen-bond donors (Lipinski definition) is 1. The van der Waals surface area contributed by atoms with Crippen molar-refractivity contribution in [2.45, 2.75) is 65.2 Å². The molecule has 0 spiro atoms. The van der Waals surface area contributed by atoms with Crippen molar-refractivity contribution < 1.29 is 9.90 Å². The van der Waals surface area contributed by atoms with Gasteiger partial charge >= 0.3 is 0 Å². The number of allylic oxidation sites excluding steroid dienone is 4. The first-order chi connectivity index (χ1) is 10.1. The Morgan fingerprint density at radius 3 is 2.71 bits per heavy atom. The van der Waals surface area contributed by atoms with E-state index >= 15 is 0 Å². The molecule has 0 aliphatic heterocycles. The van der Waals surface area contributed by atoms with Gasteiger partial charge < -0.3 is 5.11 Å². The molecule has 0 bridgehead atoms. The zero-order valence-electron chi connectivity index (χ0n) is 13.5. The fourth-order valence-electron chi connectivity index (χ4n) is 5.30. The van der Waals surface area contributed by atoms with Crippen LogP contribution in [0.5, 0.6) is 0 Å². The van der Waals surface area contributed by atoms with Crippen molar-refractivity contribution in [2.75, 3.05) is 6.61 Å². The third-order valence-electron chi connectivity index (χ3n) is 6.53. The van der Waals surface area contributed by atoms with E-state index in [1.54, 1.807) is 5.57 Å². The molecule has 3 aliphatic carbocycles. The second kappa shape index (κ2) is 5.72. The Bertz CT molecular complexity index is 494. The van der Waals surface area contributed by atoms with Crippen molar-refractivity contribution in [3.05, 3.63) is 22.8 Å². The highest BCUT2D eigenvalue weighted by atomic mass is 16.3. The molecular weight excluding hydrogens is 260 g/mol. The van der Waals surface area contributed by atoms with Crippen molar-refractivity contribution in [2.24, 2.45) is 17.3 Å². The minimum Gasteiger partial charge on any atom is -0.396 e. The smallest absolute Gasteiger partial charge is 0.156 e. The summed E-state index contributed by atoms with van der Waals surface area (Å²) >= 11 is 0. The van der Waals surface area contributed by atoms with E-state index in [-0.39, 0.29) is 5.41 Å². The molecule has 116 valence electrons. The summed E-state index contributed by atoms with van der Waals surface area (Å²) in [5.41, 5.74) is 4.63. The van der Waals surface area contributed by atoms with E-state index in [9.17, 15) is 9.90 Å². The fraction of sp³-hybridized carbons (Fsp3) is 0.737. The summed E-state index contributed by atoms with van der Waals surface area (Å²) in [4.78, 5) is 11.7. The van der Waals surface area contributed by atoms with Gasteiger partial charge in [0.05, 0.1) is 0 Å². The van der Waals surface area contributed by atoms with Crippen LogP contribution in [0.3, 0.4) is 0 Å². The lowest BCUT2D eigenvalue weighted by Gasteiger charge is -2.51. The van der Waals surface area contributed by atoms with Crippen LogP contribution in [0.25, 0.3) is 0 Å². The van der Waals surface area contributed by atoms with Crippen LogP contribution in [0.1, 0.15) is 65.2 Å². The number of ketones is 1. The normalized spacial score (nSPS) is 36.1. The van der Waals surface area contributed by atoms with E-state index in [4.69, 9.17) is 0 Å². The van der Waals surface area contributed by atoms with Crippen molar-refractivity contribution in [3.8, 4) is 0 Å². The first-order valence-corrected chi connectivity index (χ1v) is 8.71. The summed E-state index contributed by atoms with van der Waals surface area (Å²) in [6, 6.07) is 0. The summed E-state index contributed by atoms with van der Waals surface area (Å²) in [5, 5.41) is 10.0. The molecule has 1 N–H and O–H groups in total. The van der Waals surface area contributed by atoms with E-state index in [2.05, 4.69) is 13.8 Å². The highest BCUT2D eigenvalue weighted by molar-refractivity contribution is 5.93. The number of aliphatic hydroxyl groups excluding tert-OH is 1. The predicted molar refractivity (Wildman–Crippen MR) is 84.9 cm³/mol. The van der Waals surface area contributed by atoms with E-state index in [0.29, 0.717) is 30.6 Å². The van der Waals surface area contributed by atoms with Crippen LogP contribution in [-0.4, -0.2) is 17.5 Å². The molecule has 0 heterocycles. The van der Waals surface area contributed by atoms with Crippen LogP contribution in [-0.2, 0) is 4.79 Å². The Morgan fingerprint density at radius 1 is 1.24 bits per heavy atom. The van der Waals surface area contributed by atoms with Gasteiger partial charge in [-0.2, -0.15) is 0 Å². The highest BCUT2D eigenvalue weighted by Crippen LogP contribution is 2.55. The Labute approximate surface area is 128 Å². The topological polar surface area (TPSA) is 37.3 Å². The molecule has 3 atom stereocenters. The van der Waals surface area contributed by atoms with Gasteiger partial charge in [0.25, 0.3) is 0 Å². The van der Waals surface area contributed by atoms with E-state index in [1.807, 2.05) is 6.08 Å².